The van der Waals surface area contributed by atoms with Gasteiger partial charge in [-0.15, -0.1) is 0 Å². The summed E-state index contributed by atoms with van der Waals surface area (Å²) in [7, 11) is 0. The van der Waals surface area contributed by atoms with E-state index in [0.29, 0.717) is 4.57 Å². The molecule has 0 saturated carbocycles. The number of aliphatic hydroxyl groups excluding tert-OH is 2. The molecule has 2 rings (SSSR count). The maximum atomic E-state index is 13.9. The minimum Gasteiger partial charge on any atom is -0.394 e. The van der Waals surface area contributed by atoms with Crippen LogP contribution in [0.1, 0.15) is 20.1 Å². The van der Waals surface area contributed by atoms with Gasteiger partial charge in [-0.2, -0.15) is 13.8 Å². The first-order chi connectivity index (χ1) is 9.77. The number of hydrogen-bond donors (Lipinski definition) is 3. The van der Waals surface area contributed by atoms with Gasteiger partial charge in [-0.3, -0.25) is 4.57 Å². The zero-order valence-corrected chi connectivity index (χ0v) is 11.5. The number of nitrogens with one attached hydrogen (secondary N) is 1. The monoisotopic (exact) mass is 305 g/mol. The minimum atomic E-state index is -3.70. The van der Waals surface area contributed by atoms with E-state index in [1.165, 1.54) is 6.07 Å². The van der Waals surface area contributed by atoms with Crippen LogP contribution in [0.4, 0.5) is 14.6 Å². The van der Waals surface area contributed by atoms with Crippen LogP contribution in [0.5, 0.6) is 0 Å². The average Bonchev–Trinajstić information content (AvgIpc) is 2.61. The van der Waals surface area contributed by atoms with Crippen LogP contribution in [0.3, 0.4) is 0 Å². The largest absolute Gasteiger partial charge is 0.394 e. The van der Waals surface area contributed by atoms with Crippen LogP contribution in [0.15, 0.2) is 17.1 Å². The van der Waals surface area contributed by atoms with E-state index in [-0.39, 0.29) is 11.9 Å². The lowest BCUT2D eigenvalue weighted by molar-refractivity contribution is -0.140. The molecule has 1 saturated heterocycles. The summed E-state index contributed by atoms with van der Waals surface area (Å²) in [5.41, 5.74) is -0.934. The standard InChI is InChI=1S/C12H17F2N3O4/c1-6(2)15-8-3-4-17(11(20)16-8)10-12(13,14)9(19)7(5-18)21-10/h3-4,6-7,9-10,18-19H,5H2,1-2H3,(H,15,16,20)/t7-,9+,10-/m1/s1. The Morgan fingerprint density at radius 2 is 2.24 bits per heavy atom. The lowest BCUT2D eigenvalue weighted by atomic mass is 10.1. The summed E-state index contributed by atoms with van der Waals surface area (Å²) in [4.78, 5) is 15.5. The second-order valence-corrected chi connectivity index (χ2v) is 5.13. The van der Waals surface area contributed by atoms with E-state index in [0.717, 1.165) is 6.20 Å². The van der Waals surface area contributed by atoms with Gasteiger partial charge in [-0.05, 0) is 19.9 Å². The molecule has 1 aromatic rings. The van der Waals surface area contributed by atoms with Gasteiger partial charge >= 0.3 is 11.6 Å². The van der Waals surface area contributed by atoms with Crippen LogP contribution in [-0.4, -0.2) is 50.5 Å². The van der Waals surface area contributed by atoms with Crippen LogP contribution in [0.2, 0.25) is 0 Å². The highest BCUT2D eigenvalue weighted by Crippen LogP contribution is 2.41. The molecule has 0 aromatic carbocycles. The summed E-state index contributed by atoms with van der Waals surface area (Å²) in [6.07, 6.45) is -4.53. The highest BCUT2D eigenvalue weighted by molar-refractivity contribution is 5.32. The molecule has 3 N–H and O–H groups in total. The number of anilines is 1. The number of ether oxygens (including phenoxy) is 1. The van der Waals surface area contributed by atoms with Crippen molar-refractivity contribution in [3.05, 3.63) is 22.7 Å². The van der Waals surface area contributed by atoms with Crippen molar-refractivity contribution in [2.45, 2.75) is 44.2 Å². The van der Waals surface area contributed by atoms with Gasteiger partial charge in [0.15, 0.2) is 6.10 Å². The molecule has 2 heterocycles. The summed E-state index contributed by atoms with van der Waals surface area (Å²) < 4.78 is 33.3. The van der Waals surface area contributed by atoms with E-state index < -0.39 is 36.7 Å². The van der Waals surface area contributed by atoms with Crippen LogP contribution < -0.4 is 11.0 Å². The van der Waals surface area contributed by atoms with E-state index in [1.807, 2.05) is 13.8 Å². The van der Waals surface area contributed by atoms with Crippen molar-refractivity contribution >= 4 is 5.82 Å². The third kappa shape index (κ3) is 2.89. The van der Waals surface area contributed by atoms with Crippen molar-refractivity contribution in [1.29, 1.82) is 0 Å². The summed E-state index contributed by atoms with van der Waals surface area (Å²) >= 11 is 0. The van der Waals surface area contributed by atoms with Gasteiger partial charge in [0.05, 0.1) is 6.61 Å². The Labute approximate surface area is 119 Å². The first-order valence-electron chi connectivity index (χ1n) is 6.45. The maximum Gasteiger partial charge on any atom is 0.351 e. The smallest absolute Gasteiger partial charge is 0.351 e. The molecular weight excluding hydrogens is 288 g/mol. The molecule has 0 unspecified atom stereocenters. The molecule has 0 amide bonds. The fourth-order valence-electron chi connectivity index (χ4n) is 2.09. The maximum absolute atomic E-state index is 13.9. The number of hydrogen-bond acceptors (Lipinski definition) is 6. The zero-order chi connectivity index (χ0) is 15.8. The SMILES string of the molecule is CC(C)Nc1ccn([C@@H]2O[C@H](CO)[C@H](O)C2(F)F)c(=O)n1. The molecule has 0 radical (unpaired) electrons. The minimum absolute atomic E-state index is 0.0255. The molecule has 1 aliphatic heterocycles. The van der Waals surface area contributed by atoms with Gasteiger partial charge in [0, 0.05) is 12.2 Å². The van der Waals surface area contributed by atoms with Crippen molar-refractivity contribution in [3.8, 4) is 0 Å². The number of alkyl halides is 2. The van der Waals surface area contributed by atoms with Gasteiger partial charge in [0.1, 0.15) is 11.9 Å². The van der Waals surface area contributed by atoms with E-state index in [9.17, 15) is 18.7 Å². The van der Waals surface area contributed by atoms with E-state index >= 15 is 0 Å². The quantitative estimate of drug-likeness (QED) is 0.722. The highest BCUT2D eigenvalue weighted by atomic mass is 19.3. The zero-order valence-electron chi connectivity index (χ0n) is 11.5. The van der Waals surface area contributed by atoms with Crippen LogP contribution in [-0.2, 0) is 4.74 Å². The fraction of sp³-hybridized carbons (Fsp3) is 0.667. The molecule has 1 aromatic heterocycles. The van der Waals surface area contributed by atoms with Crippen molar-refractivity contribution in [3.63, 3.8) is 0 Å². The van der Waals surface area contributed by atoms with Gasteiger partial charge < -0.3 is 20.3 Å². The summed E-state index contributed by atoms with van der Waals surface area (Å²) in [6.45, 7) is 2.90. The lowest BCUT2D eigenvalue weighted by Gasteiger charge is -2.21. The molecule has 7 nitrogen and oxygen atoms in total. The molecule has 1 aliphatic rings. The van der Waals surface area contributed by atoms with Crippen molar-refractivity contribution in [2.24, 2.45) is 0 Å². The van der Waals surface area contributed by atoms with Gasteiger partial charge in [-0.25, -0.2) is 4.79 Å². The molecule has 118 valence electrons. The molecule has 0 aliphatic carbocycles. The molecule has 9 heteroatoms. The molecule has 0 bridgehead atoms. The summed E-state index contributed by atoms with van der Waals surface area (Å²) in [5.74, 6) is -3.45. The van der Waals surface area contributed by atoms with Crippen LogP contribution >= 0.6 is 0 Å². The van der Waals surface area contributed by atoms with Crippen molar-refractivity contribution in [2.75, 3.05) is 11.9 Å². The van der Waals surface area contributed by atoms with E-state index in [1.54, 1.807) is 0 Å². The molecule has 1 fully saturated rings. The molecule has 3 atom stereocenters. The first kappa shape index (κ1) is 15.8. The lowest BCUT2D eigenvalue weighted by Crippen LogP contribution is -2.41. The van der Waals surface area contributed by atoms with Gasteiger partial charge in [0.25, 0.3) is 0 Å². The second-order valence-electron chi connectivity index (χ2n) is 5.13. The second kappa shape index (κ2) is 5.66. The highest BCUT2D eigenvalue weighted by Gasteiger charge is 2.59. The Morgan fingerprint density at radius 1 is 1.57 bits per heavy atom. The Morgan fingerprint density at radius 3 is 2.71 bits per heavy atom. The molecular formula is C12H17F2N3O4. The van der Waals surface area contributed by atoms with Crippen LogP contribution in [0, 0.1) is 0 Å². The number of aromatic nitrogens is 2. The van der Waals surface area contributed by atoms with E-state index in [2.05, 4.69) is 10.3 Å². The predicted molar refractivity (Wildman–Crippen MR) is 69.2 cm³/mol. The third-order valence-electron chi connectivity index (χ3n) is 3.08. The predicted octanol–water partition coefficient (Wildman–Crippen LogP) is -0.0505. The average molecular weight is 305 g/mol. The third-order valence-corrected chi connectivity index (χ3v) is 3.08. The normalized spacial score (nSPS) is 28.0. The number of rotatable bonds is 4. The number of aliphatic hydroxyl groups is 2. The van der Waals surface area contributed by atoms with E-state index in [4.69, 9.17) is 9.84 Å². The Bertz CT molecular complexity index is 564. The Hall–Kier alpha value is -1.58. The fourth-order valence-corrected chi connectivity index (χ4v) is 2.09. The molecule has 0 spiro atoms. The van der Waals surface area contributed by atoms with Crippen LogP contribution in [0.25, 0.3) is 0 Å². The van der Waals surface area contributed by atoms with Gasteiger partial charge in [-0.1, -0.05) is 0 Å². The summed E-state index contributed by atoms with van der Waals surface area (Å²) in [6, 6.07) is 1.39. The first-order valence-corrected chi connectivity index (χ1v) is 6.45. The topological polar surface area (TPSA) is 96.6 Å². The Kier molecular flexibility index (Phi) is 4.26. The number of halogens is 2. The van der Waals surface area contributed by atoms with Crippen molar-refractivity contribution < 1.29 is 23.7 Å². The number of nitrogens with zero attached hydrogens (tertiary/aromatic N) is 2. The van der Waals surface area contributed by atoms with Gasteiger partial charge in [0.2, 0.25) is 6.23 Å². The molecule has 21 heavy (non-hydrogen) atoms. The van der Waals surface area contributed by atoms with Crippen molar-refractivity contribution in [1.82, 2.24) is 9.55 Å². The Balaban J connectivity index is 2.32. The summed E-state index contributed by atoms with van der Waals surface area (Å²) in [5, 5.41) is 21.2.